The van der Waals surface area contributed by atoms with Crippen molar-refractivity contribution in [2.75, 3.05) is 26.4 Å². The van der Waals surface area contributed by atoms with Gasteiger partial charge < -0.3 is 48.8 Å². The Hall–Kier alpha value is -13.9. The molecule has 0 unspecified atom stereocenters. The Labute approximate surface area is 799 Å². The molecule has 0 atom stereocenters. The highest BCUT2D eigenvalue weighted by molar-refractivity contribution is 9.10. The molecule has 4 aromatic heterocycles. The number of nitrogens with zero attached hydrogens (tertiary/aromatic N) is 9. The van der Waals surface area contributed by atoms with Crippen LogP contribution in [0.2, 0.25) is 0 Å². The quantitative estimate of drug-likeness (QED) is 0.00709. The summed E-state index contributed by atoms with van der Waals surface area (Å²) < 4.78 is 113. The summed E-state index contributed by atoms with van der Waals surface area (Å²) in [5, 5.41) is 12.2. The lowest BCUT2D eigenvalue weighted by atomic mass is 9.98. The van der Waals surface area contributed by atoms with Gasteiger partial charge in [0.05, 0.1) is 110 Å². The van der Waals surface area contributed by atoms with Crippen molar-refractivity contribution < 1.29 is 89.4 Å². The van der Waals surface area contributed by atoms with Crippen molar-refractivity contribution in [1.29, 1.82) is 0 Å². The summed E-state index contributed by atoms with van der Waals surface area (Å²) in [4.78, 5) is 91.6. The number of benzene rings is 8. The average Bonchev–Trinajstić information content (AvgIpc) is 1.35. The molecule has 30 heteroatoms. The van der Waals surface area contributed by atoms with Crippen molar-refractivity contribution in [3.63, 3.8) is 0 Å². The fourth-order valence-electron chi connectivity index (χ4n) is 14.0. The minimum absolute atomic E-state index is 0.0494. The Morgan fingerprint density at radius 1 is 0.404 bits per heavy atom. The number of rotatable bonds is 35. The normalized spacial score (nSPS) is 11.4. The summed E-state index contributed by atoms with van der Waals surface area (Å²) >= 11 is 3.26. The van der Waals surface area contributed by atoms with E-state index in [1.165, 1.54) is 51.8 Å². The van der Waals surface area contributed by atoms with Gasteiger partial charge in [0.25, 0.3) is 24.0 Å². The van der Waals surface area contributed by atoms with E-state index in [9.17, 15) is 28.8 Å². The average molecular weight is 1930 g/mol. The Bertz CT molecular complexity index is 6260. The minimum atomic E-state index is -0.651. The summed E-state index contributed by atoms with van der Waals surface area (Å²) in [6.45, 7) is 41.4. The molecule has 0 aliphatic rings. The number of aromatic nitrogens is 8. The number of hydrogen-bond acceptors (Lipinski definition) is 21. The number of aryl methyl sites for hydroxylation is 1. The van der Waals surface area contributed by atoms with Gasteiger partial charge in [0, 0.05) is 28.8 Å². The van der Waals surface area contributed by atoms with E-state index in [2.05, 4.69) is 54.2 Å². The predicted molar refractivity (Wildman–Crippen MR) is 522 cm³/mol. The van der Waals surface area contributed by atoms with Gasteiger partial charge in [-0.15, -0.1) is 0 Å². The molecule has 0 bridgehead atoms. The van der Waals surface area contributed by atoms with Gasteiger partial charge in [-0.2, -0.15) is 19.9 Å². The summed E-state index contributed by atoms with van der Waals surface area (Å²) in [6, 6.07) is 48.3. The number of nitrogens with two attached hydrogens (primary N) is 1. The number of oxime groups is 1. The van der Waals surface area contributed by atoms with Crippen molar-refractivity contribution in [3.05, 3.63) is 295 Å². The molecule has 0 aliphatic heterocycles. The molecule has 0 saturated heterocycles. The van der Waals surface area contributed by atoms with Gasteiger partial charge in [-0.1, -0.05) is 174 Å². The Morgan fingerprint density at radius 3 is 0.941 bits per heavy atom. The first-order valence-corrected chi connectivity index (χ1v) is 45.5. The fourth-order valence-corrected chi connectivity index (χ4v) is 14.4. The van der Waals surface area contributed by atoms with E-state index in [1.54, 1.807) is 200 Å². The lowest BCUT2D eigenvalue weighted by molar-refractivity contribution is 0.00578. The summed E-state index contributed by atoms with van der Waals surface area (Å²) in [6.07, 6.45) is 9.34. The molecule has 3 N–H and O–H groups in total. The number of ether oxygens (including phenoxy) is 8. The van der Waals surface area contributed by atoms with Crippen LogP contribution in [0.5, 0.6) is 24.0 Å². The van der Waals surface area contributed by atoms with Gasteiger partial charge in [0.2, 0.25) is 0 Å². The lowest BCUT2D eigenvalue weighted by Crippen LogP contribution is -2.24. The van der Waals surface area contributed by atoms with Crippen LogP contribution in [0.3, 0.4) is 0 Å². The Balaban J connectivity index is 0.000000203. The van der Waals surface area contributed by atoms with Crippen molar-refractivity contribution in [2.45, 2.75) is 205 Å². The fraction of sp³-hybridized carbons (Fsp3) is 0.330. The monoisotopic (exact) mass is 1930 g/mol. The molecule has 4 heterocycles. The number of esters is 4. The number of imidazole rings is 4. The van der Waals surface area contributed by atoms with Gasteiger partial charge in [0.15, 0.2) is 12.6 Å². The standard InChI is InChI=1S/C27H30FN3O4.C27H34FN3O3.C27H29FN2O4.C25H26BrFN2O4/c1-6-14-34-26-30-23(7-2)24(16-29-33)31(26)17-19-13-12-18(15-22(19)28)20-10-8-9-11-21(20)25(32)35-27(3,4)5;1-6-14-33-26-30-23(7-2)24(16-29)31(26)17-19-13-12-18(15-22(19)28)20-10-8-9-11-21(20)25(32)34-27(3,4)5;1-6-14-33-26-29-23(7-2)24(17-31)30(26)16-19-13-12-18(15-22(19)28)20-10-8-9-11-21(20)25(32)34-27(3,4)5;1-5-12-32-24-28-22(26)21(15-30)29(24)14-17-11-10-16(13-20(17)27)18-8-6-7-9-19(18)23(31)33-25(2,3)4/h7-13,15-16,33H,2,6,14,17H2,1,3-5H3;8-13,15H,6-7,14,16-17,29H2,1-5H3;7-13,15,17H,2,6,14,16H2,1,3-5H3;6-11,13,15H,5,12,14H2,1-4H3/b29-16-;;;. The lowest BCUT2D eigenvalue weighted by Gasteiger charge is -2.20. The van der Waals surface area contributed by atoms with Crippen LogP contribution in [0.25, 0.3) is 56.7 Å². The summed E-state index contributed by atoms with van der Waals surface area (Å²) in [5.74, 6) is -3.67. The SMILES string of the molecule is C=Cc1nc(OCCC)n(Cc2ccc(-c3ccccc3C(=O)OC(C)(C)C)cc2F)c1/C=N\O.C=Cc1nc(OCCC)n(Cc2ccc(-c3ccccc3C(=O)OC(C)(C)C)cc2F)c1C=O.CCCOc1nc(Br)c(C=O)n1Cc1ccc(-c2ccccc2C(=O)OC(C)(C)C)cc1F.CCCOc1nc(CC)c(CN)n1Cc1ccc(-c2ccccc2C(=O)OC(C)(C)C)cc1F. The van der Waals surface area contributed by atoms with Gasteiger partial charge >= 0.3 is 23.9 Å². The first-order chi connectivity index (χ1) is 64.7. The molecule has 0 radical (unpaired) electrons. The molecular formula is C106H119BrF4N10O15. The molecule has 25 nitrogen and oxygen atoms in total. The maximum Gasteiger partial charge on any atom is 0.339 e. The van der Waals surface area contributed by atoms with Crippen molar-refractivity contribution in [2.24, 2.45) is 10.9 Å². The van der Waals surface area contributed by atoms with Crippen LogP contribution >= 0.6 is 15.9 Å². The zero-order valence-electron chi connectivity index (χ0n) is 80.0. The zero-order valence-corrected chi connectivity index (χ0v) is 81.6. The van der Waals surface area contributed by atoms with E-state index in [4.69, 9.17) is 48.8 Å². The number of aldehydes is 2. The van der Waals surface area contributed by atoms with Crippen LogP contribution in [-0.4, -0.2) is 135 Å². The van der Waals surface area contributed by atoms with Crippen LogP contribution in [0.15, 0.2) is 193 Å². The Kier molecular flexibility index (Phi) is 37.6. The predicted octanol–water partition coefficient (Wildman–Crippen LogP) is 23.4. The van der Waals surface area contributed by atoms with Crippen molar-refractivity contribution in [3.8, 4) is 68.5 Å². The van der Waals surface area contributed by atoms with E-state index >= 15 is 17.6 Å². The maximum atomic E-state index is 15.3. The molecule has 0 aliphatic carbocycles. The van der Waals surface area contributed by atoms with Crippen LogP contribution in [0.1, 0.15) is 257 Å². The molecule has 0 amide bonds. The maximum absolute atomic E-state index is 15.3. The molecule has 8 aromatic carbocycles. The third-order valence-electron chi connectivity index (χ3n) is 20.1. The number of halogens is 5. The Morgan fingerprint density at radius 2 is 0.676 bits per heavy atom. The first-order valence-electron chi connectivity index (χ1n) is 44.7. The molecule has 0 fully saturated rings. The second kappa shape index (κ2) is 48.4. The van der Waals surface area contributed by atoms with Crippen LogP contribution < -0.4 is 24.7 Å². The minimum Gasteiger partial charge on any atom is -0.465 e. The van der Waals surface area contributed by atoms with E-state index in [1.807, 2.05) is 72.1 Å². The van der Waals surface area contributed by atoms with Crippen LogP contribution in [-0.2, 0) is 58.1 Å². The third-order valence-corrected chi connectivity index (χ3v) is 20.6. The molecule has 718 valence electrons. The molecule has 136 heavy (non-hydrogen) atoms. The second-order valence-corrected chi connectivity index (χ2v) is 36.0. The van der Waals surface area contributed by atoms with Gasteiger partial charge in [-0.3, -0.25) is 27.9 Å². The van der Waals surface area contributed by atoms with E-state index in [0.717, 1.165) is 37.1 Å². The highest BCUT2D eigenvalue weighted by atomic mass is 79.9. The smallest absolute Gasteiger partial charge is 0.339 e. The highest BCUT2D eigenvalue weighted by Gasteiger charge is 2.30. The van der Waals surface area contributed by atoms with Crippen molar-refractivity contribution in [1.82, 2.24) is 38.2 Å². The van der Waals surface area contributed by atoms with E-state index in [0.29, 0.717) is 162 Å². The summed E-state index contributed by atoms with van der Waals surface area (Å²) in [5.41, 5.74) is 14.5. The van der Waals surface area contributed by atoms with Crippen molar-refractivity contribution >= 4 is 70.7 Å². The first kappa shape index (κ1) is 106. The zero-order chi connectivity index (χ0) is 99.5. The molecular weight excluding hydrogens is 1810 g/mol. The topological polar surface area (TPSA) is 306 Å². The van der Waals surface area contributed by atoms with E-state index < -0.39 is 63.7 Å². The molecule has 0 saturated carbocycles. The van der Waals surface area contributed by atoms with Crippen LogP contribution in [0, 0.1) is 23.3 Å². The second-order valence-electron chi connectivity index (χ2n) is 35.3. The molecule has 12 rings (SSSR count). The largest absolute Gasteiger partial charge is 0.465 e. The molecule has 0 spiro atoms. The van der Waals surface area contributed by atoms with Gasteiger partial charge in [-0.25, -0.2) is 36.7 Å². The molecule has 12 aromatic rings. The van der Waals surface area contributed by atoms with Gasteiger partial charge in [0.1, 0.15) is 61.7 Å². The number of carbonyl (C=O) groups excluding carboxylic acids is 6. The van der Waals surface area contributed by atoms with E-state index in [-0.39, 0.29) is 68.0 Å². The number of hydrogen-bond donors (Lipinski definition) is 2. The highest BCUT2D eigenvalue weighted by Crippen LogP contribution is 2.36. The number of carbonyl (C=O) groups is 6. The summed E-state index contributed by atoms with van der Waals surface area (Å²) in [7, 11) is 0. The van der Waals surface area contributed by atoms with Crippen LogP contribution in [0.4, 0.5) is 17.6 Å². The third kappa shape index (κ3) is 28.4. The van der Waals surface area contributed by atoms with Gasteiger partial charge in [-0.05, 0) is 236 Å².